The average Bonchev–Trinajstić information content (AvgIpc) is 3.09. The highest BCUT2D eigenvalue weighted by molar-refractivity contribution is 7.12. The third-order valence-electron chi connectivity index (χ3n) is 3.90. The van der Waals surface area contributed by atoms with Gasteiger partial charge in [-0.15, -0.1) is 22.7 Å². The van der Waals surface area contributed by atoms with Gasteiger partial charge in [0.1, 0.15) is 5.01 Å². The van der Waals surface area contributed by atoms with E-state index in [9.17, 15) is 0 Å². The fourth-order valence-corrected chi connectivity index (χ4v) is 5.12. The molecule has 0 aliphatic heterocycles. The number of rotatable bonds is 6. The zero-order valence-electron chi connectivity index (χ0n) is 12.9. The lowest BCUT2D eigenvalue weighted by molar-refractivity contribution is 0.197. The van der Waals surface area contributed by atoms with Crippen molar-refractivity contribution in [2.75, 3.05) is 20.3 Å². The van der Waals surface area contributed by atoms with Crippen LogP contribution in [0.2, 0.25) is 0 Å². The number of thiophene rings is 1. The van der Waals surface area contributed by atoms with E-state index in [1.54, 1.807) is 7.11 Å². The SMILES string of the molecule is COCCNC(c1nc2c(s1)CCC2)c1cc(C)sc1C. The van der Waals surface area contributed by atoms with Crippen LogP contribution in [0.15, 0.2) is 6.07 Å². The van der Waals surface area contributed by atoms with Gasteiger partial charge in [0.25, 0.3) is 0 Å². The highest BCUT2D eigenvalue weighted by atomic mass is 32.1. The van der Waals surface area contributed by atoms with Gasteiger partial charge in [-0.05, 0) is 44.7 Å². The lowest BCUT2D eigenvalue weighted by Gasteiger charge is -2.16. The van der Waals surface area contributed by atoms with Crippen LogP contribution in [0.25, 0.3) is 0 Å². The molecule has 1 aliphatic rings. The predicted molar refractivity (Wildman–Crippen MR) is 89.7 cm³/mol. The van der Waals surface area contributed by atoms with E-state index in [2.05, 4.69) is 25.2 Å². The Hall–Kier alpha value is -0.750. The first-order valence-electron chi connectivity index (χ1n) is 7.46. The van der Waals surface area contributed by atoms with Gasteiger partial charge in [-0.3, -0.25) is 0 Å². The summed E-state index contributed by atoms with van der Waals surface area (Å²) in [5.74, 6) is 0. The molecule has 0 fully saturated rings. The van der Waals surface area contributed by atoms with Crippen LogP contribution in [0.3, 0.4) is 0 Å². The summed E-state index contributed by atoms with van der Waals surface area (Å²) in [5, 5.41) is 4.84. The Morgan fingerprint density at radius 2 is 2.19 bits per heavy atom. The number of nitrogens with one attached hydrogen (secondary N) is 1. The van der Waals surface area contributed by atoms with Crippen molar-refractivity contribution in [2.24, 2.45) is 0 Å². The fraction of sp³-hybridized carbons (Fsp3) is 0.562. The summed E-state index contributed by atoms with van der Waals surface area (Å²) in [6, 6.07) is 2.51. The molecule has 1 atom stereocenters. The van der Waals surface area contributed by atoms with Crippen molar-refractivity contribution in [2.45, 2.75) is 39.2 Å². The van der Waals surface area contributed by atoms with Crippen LogP contribution in [-0.4, -0.2) is 25.2 Å². The third kappa shape index (κ3) is 3.21. The molecule has 3 nitrogen and oxygen atoms in total. The molecule has 21 heavy (non-hydrogen) atoms. The van der Waals surface area contributed by atoms with Crippen LogP contribution in [0.1, 0.15) is 43.4 Å². The van der Waals surface area contributed by atoms with Crippen LogP contribution < -0.4 is 5.32 Å². The van der Waals surface area contributed by atoms with E-state index in [1.807, 2.05) is 22.7 Å². The summed E-state index contributed by atoms with van der Waals surface area (Å²) in [5.41, 5.74) is 2.71. The monoisotopic (exact) mass is 322 g/mol. The molecule has 0 saturated carbocycles. The first-order chi connectivity index (χ1) is 10.2. The number of methoxy groups -OCH3 is 1. The number of nitrogens with zero attached hydrogens (tertiary/aromatic N) is 1. The van der Waals surface area contributed by atoms with E-state index >= 15 is 0 Å². The van der Waals surface area contributed by atoms with E-state index in [0.29, 0.717) is 0 Å². The van der Waals surface area contributed by atoms with Crippen molar-refractivity contribution in [3.8, 4) is 0 Å². The second kappa shape index (κ2) is 6.57. The number of aromatic nitrogens is 1. The normalized spacial score (nSPS) is 15.4. The number of aryl methyl sites for hydroxylation is 4. The molecule has 0 bridgehead atoms. The highest BCUT2D eigenvalue weighted by Crippen LogP contribution is 2.36. The molecule has 0 aromatic carbocycles. The lowest BCUT2D eigenvalue weighted by atomic mass is 10.1. The largest absolute Gasteiger partial charge is 0.383 e. The molecule has 0 saturated heterocycles. The highest BCUT2D eigenvalue weighted by Gasteiger charge is 2.24. The maximum Gasteiger partial charge on any atom is 0.115 e. The number of ether oxygens (including phenoxy) is 1. The molecule has 0 amide bonds. The molecule has 2 aromatic heterocycles. The van der Waals surface area contributed by atoms with Gasteiger partial charge < -0.3 is 10.1 Å². The fourth-order valence-electron chi connectivity index (χ4n) is 2.91. The minimum atomic E-state index is 0.209. The maximum absolute atomic E-state index is 5.18. The molecular weight excluding hydrogens is 300 g/mol. The maximum atomic E-state index is 5.18. The van der Waals surface area contributed by atoms with Gasteiger partial charge in [-0.2, -0.15) is 0 Å². The molecule has 2 aromatic rings. The molecule has 1 unspecified atom stereocenters. The topological polar surface area (TPSA) is 34.1 Å². The molecular formula is C16H22N2OS2. The van der Waals surface area contributed by atoms with Gasteiger partial charge in [0.2, 0.25) is 0 Å². The van der Waals surface area contributed by atoms with Crippen LogP contribution >= 0.6 is 22.7 Å². The zero-order chi connectivity index (χ0) is 14.8. The van der Waals surface area contributed by atoms with Crippen LogP contribution in [0.4, 0.5) is 0 Å². The van der Waals surface area contributed by atoms with Gasteiger partial charge in [-0.1, -0.05) is 0 Å². The summed E-state index contributed by atoms with van der Waals surface area (Å²) in [6.45, 7) is 5.96. The standard InChI is InChI=1S/C16H22N2OS2/c1-10-9-12(11(2)20-10)15(17-7-8-19-3)16-18-13-5-4-6-14(13)21-16/h9,15,17H,4-8H2,1-3H3. The van der Waals surface area contributed by atoms with E-state index in [4.69, 9.17) is 9.72 Å². The van der Waals surface area contributed by atoms with Gasteiger partial charge in [-0.25, -0.2) is 4.98 Å². The lowest BCUT2D eigenvalue weighted by Crippen LogP contribution is -2.26. The Kier molecular flexibility index (Phi) is 4.74. The molecule has 3 rings (SSSR count). The second-order valence-corrected chi connectivity index (χ2v) is 8.10. The van der Waals surface area contributed by atoms with E-state index in [1.165, 1.54) is 43.7 Å². The minimum Gasteiger partial charge on any atom is -0.383 e. The minimum absolute atomic E-state index is 0.209. The third-order valence-corrected chi connectivity index (χ3v) is 6.11. The number of hydrogen-bond donors (Lipinski definition) is 1. The van der Waals surface area contributed by atoms with E-state index in [0.717, 1.165) is 19.6 Å². The molecule has 1 N–H and O–H groups in total. The van der Waals surface area contributed by atoms with Crippen molar-refractivity contribution in [3.05, 3.63) is 37.0 Å². The molecule has 5 heteroatoms. The van der Waals surface area contributed by atoms with E-state index < -0.39 is 0 Å². The Labute approximate surface area is 134 Å². The summed E-state index contributed by atoms with van der Waals surface area (Å²) in [6.07, 6.45) is 3.63. The van der Waals surface area contributed by atoms with Crippen LogP contribution in [-0.2, 0) is 17.6 Å². The van der Waals surface area contributed by atoms with Crippen molar-refractivity contribution < 1.29 is 4.74 Å². The summed E-state index contributed by atoms with van der Waals surface area (Å²) in [4.78, 5) is 9.16. The summed E-state index contributed by atoms with van der Waals surface area (Å²) < 4.78 is 5.18. The first-order valence-corrected chi connectivity index (χ1v) is 9.10. The molecule has 0 radical (unpaired) electrons. The van der Waals surface area contributed by atoms with Gasteiger partial charge >= 0.3 is 0 Å². The van der Waals surface area contributed by atoms with Crippen molar-refractivity contribution in [1.29, 1.82) is 0 Å². The molecule has 0 spiro atoms. The quantitative estimate of drug-likeness (QED) is 0.825. The Balaban J connectivity index is 1.89. The Morgan fingerprint density at radius 1 is 1.33 bits per heavy atom. The van der Waals surface area contributed by atoms with Crippen LogP contribution in [0.5, 0.6) is 0 Å². The van der Waals surface area contributed by atoms with Gasteiger partial charge in [0.15, 0.2) is 0 Å². The second-order valence-electron chi connectivity index (χ2n) is 5.52. The summed E-state index contributed by atoms with van der Waals surface area (Å²) >= 11 is 3.76. The van der Waals surface area contributed by atoms with Gasteiger partial charge in [0.05, 0.1) is 18.3 Å². The zero-order valence-corrected chi connectivity index (χ0v) is 14.5. The van der Waals surface area contributed by atoms with Crippen molar-refractivity contribution in [1.82, 2.24) is 10.3 Å². The first kappa shape index (κ1) is 15.2. The van der Waals surface area contributed by atoms with E-state index in [-0.39, 0.29) is 6.04 Å². The van der Waals surface area contributed by atoms with Crippen molar-refractivity contribution in [3.63, 3.8) is 0 Å². The molecule has 2 heterocycles. The molecule has 1 aliphatic carbocycles. The molecule has 114 valence electrons. The smallest absolute Gasteiger partial charge is 0.115 e. The van der Waals surface area contributed by atoms with Crippen molar-refractivity contribution >= 4 is 22.7 Å². The Bertz CT molecular complexity index is 596. The number of thiazole rings is 1. The number of hydrogen-bond acceptors (Lipinski definition) is 5. The number of fused-ring (bicyclic) bond motifs is 1. The predicted octanol–water partition coefficient (Wildman–Crippen LogP) is 3.64. The Morgan fingerprint density at radius 3 is 2.86 bits per heavy atom. The summed E-state index contributed by atoms with van der Waals surface area (Å²) in [7, 11) is 1.74. The van der Waals surface area contributed by atoms with Crippen LogP contribution in [0, 0.1) is 13.8 Å². The average molecular weight is 322 g/mol. The van der Waals surface area contributed by atoms with Gasteiger partial charge in [0, 0.05) is 28.3 Å².